The lowest BCUT2D eigenvalue weighted by Crippen LogP contribution is -2.22. The van der Waals surface area contributed by atoms with Gasteiger partial charge in [0, 0.05) is 23.5 Å². The average Bonchev–Trinajstić information content (AvgIpc) is 3.22. The zero-order valence-corrected chi connectivity index (χ0v) is 18.3. The number of aliphatic carboxylic acids is 1. The van der Waals surface area contributed by atoms with Crippen LogP contribution in [0.2, 0.25) is 0 Å². The summed E-state index contributed by atoms with van der Waals surface area (Å²) < 4.78 is 15.9. The van der Waals surface area contributed by atoms with Crippen molar-refractivity contribution < 1.29 is 23.9 Å². The molecular formula is C24H25N2O5-. The highest BCUT2D eigenvalue weighted by molar-refractivity contribution is 5.88. The Morgan fingerprint density at radius 1 is 1.06 bits per heavy atom. The molecule has 0 aliphatic carbocycles. The molecule has 0 spiro atoms. The van der Waals surface area contributed by atoms with E-state index in [2.05, 4.69) is 30.9 Å². The largest absolute Gasteiger partial charge is 0.550 e. The van der Waals surface area contributed by atoms with Crippen molar-refractivity contribution in [3.05, 3.63) is 59.5 Å². The van der Waals surface area contributed by atoms with E-state index in [0.29, 0.717) is 28.5 Å². The fourth-order valence-electron chi connectivity index (χ4n) is 3.07. The van der Waals surface area contributed by atoms with E-state index in [4.69, 9.17) is 14.0 Å². The van der Waals surface area contributed by atoms with Crippen LogP contribution in [-0.4, -0.2) is 30.3 Å². The maximum Gasteiger partial charge on any atom is 0.254 e. The Bertz CT molecular complexity index is 1090. The van der Waals surface area contributed by atoms with Gasteiger partial charge in [-0.2, -0.15) is 4.98 Å². The quantitative estimate of drug-likeness (QED) is 0.573. The van der Waals surface area contributed by atoms with E-state index in [1.165, 1.54) is 12.7 Å². The lowest BCUT2D eigenvalue weighted by molar-refractivity contribution is -0.304. The maximum atomic E-state index is 11.3. The fraction of sp³-hybridized carbons (Fsp3) is 0.292. The van der Waals surface area contributed by atoms with Gasteiger partial charge in [0.15, 0.2) is 11.5 Å². The van der Waals surface area contributed by atoms with Crippen molar-refractivity contribution >= 4 is 17.6 Å². The molecule has 0 unspecified atom stereocenters. The van der Waals surface area contributed by atoms with Crippen molar-refractivity contribution in [2.24, 2.45) is 0 Å². The van der Waals surface area contributed by atoms with Crippen LogP contribution in [0.1, 0.15) is 44.2 Å². The monoisotopic (exact) mass is 421 g/mol. The summed E-state index contributed by atoms with van der Waals surface area (Å²) in [4.78, 5) is 15.7. The van der Waals surface area contributed by atoms with Crippen molar-refractivity contribution in [1.29, 1.82) is 0 Å². The van der Waals surface area contributed by atoms with Crippen LogP contribution >= 0.6 is 0 Å². The number of carboxylic acids is 1. The van der Waals surface area contributed by atoms with E-state index >= 15 is 0 Å². The molecule has 0 aliphatic rings. The number of hydrogen-bond donors (Lipinski definition) is 0. The highest BCUT2D eigenvalue weighted by Crippen LogP contribution is 2.32. The summed E-state index contributed by atoms with van der Waals surface area (Å²) in [6.07, 6.45) is 1.36. The van der Waals surface area contributed by atoms with E-state index in [1.54, 1.807) is 31.4 Å². The molecule has 0 amide bonds. The summed E-state index contributed by atoms with van der Waals surface area (Å²) in [5.41, 5.74) is 3.05. The zero-order chi connectivity index (χ0) is 22.6. The number of aromatic nitrogens is 2. The molecule has 3 rings (SSSR count). The topological polar surface area (TPSA) is 97.5 Å². The molecule has 3 aromatic rings. The van der Waals surface area contributed by atoms with Gasteiger partial charge >= 0.3 is 0 Å². The van der Waals surface area contributed by atoms with Crippen molar-refractivity contribution in [1.82, 2.24) is 10.1 Å². The number of carbonyl (C=O) groups excluding carboxylic acids is 1. The molecule has 0 N–H and O–H groups in total. The zero-order valence-electron chi connectivity index (χ0n) is 18.3. The molecule has 0 saturated carbocycles. The van der Waals surface area contributed by atoms with E-state index in [-0.39, 0.29) is 17.7 Å². The summed E-state index contributed by atoms with van der Waals surface area (Å²) in [6, 6.07) is 13.1. The second-order valence-electron chi connectivity index (χ2n) is 8.08. The van der Waals surface area contributed by atoms with Gasteiger partial charge in [-0.1, -0.05) is 50.2 Å². The minimum absolute atomic E-state index is 0.0247. The summed E-state index contributed by atoms with van der Waals surface area (Å²) in [5.74, 6) is 0.294. The number of ether oxygens (including phenoxy) is 2. The molecule has 162 valence electrons. The van der Waals surface area contributed by atoms with Gasteiger partial charge in [-0.3, -0.25) is 0 Å². The van der Waals surface area contributed by atoms with Gasteiger partial charge in [0.25, 0.3) is 5.89 Å². The van der Waals surface area contributed by atoms with Crippen LogP contribution in [0.4, 0.5) is 0 Å². The van der Waals surface area contributed by atoms with E-state index in [9.17, 15) is 9.90 Å². The first-order valence-electron chi connectivity index (χ1n) is 9.78. The van der Waals surface area contributed by atoms with Crippen molar-refractivity contribution in [3.63, 3.8) is 0 Å². The predicted molar refractivity (Wildman–Crippen MR) is 115 cm³/mol. The van der Waals surface area contributed by atoms with Gasteiger partial charge in [0.2, 0.25) is 5.82 Å². The highest BCUT2D eigenvalue weighted by Gasteiger charge is 2.16. The third-order valence-electron chi connectivity index (χ3n) is 4.79. The summed E-state index contributed by atoms with van der Waals surface area (Å²) in [5, 5.41) is 15.3. The van der Waals surface area contributed by atoms with Crippen LogP contribution in [0.25, 0.3) is 23.0 Å². The number of methoxy groups -OCH3 is 2. The van der Waals surface area contributed by atoms with Gasteiger partial charge in [0.1, 0.15) is 0 Å². The highest BCUT2D eigenvalue weighted by atomic mass is 16.5. The molecule has 7 nitrogen and oxygen atoms in total. The Morgan fingerprint density at radius 3 is 2.32 bits per heavy atom. The Hall–Kier alpha value is -3.61. The summed E-state index contributed by atoms with van der Waals surface area (Å²) in [6.45, 7) is 6.40. The van der Waals surface area contributed by atoms with Gasteiger partial charge < -0.3 is 23.9 Å². The van der Waals surface area contributed by atoms with Crippen LogP contribution in [0.15, 0.2) is 47.0 Å². The minimum atomic E-state index is -1.23. The van der Waals surface area contributed by atoms with E-state index < -0.39 is 5.97 Å². The number of nitrogens with zero attached hydrogens (tertiary/aromatic N) is 2. The normalized spacial score (nSPS) is 12.0. The maximum absolute atomic E-state index is 11.3. The Morgan fingerprint density at radius 2 is 1.74 bits per heavy atom. The third kappa shape index (κ3) is 5.31. The van der Waals surface area contributed by atoms with Crippen LogP contribution in [0, 0.1) is 0 Å². The smallest absolute Gasteiger partial charge is 0.254 e. The molecular weight excluding hydrogens is 396 g/mol. The lowest BCUT2D eigenvalue weighted by atomic mass is 9.86. The fourth-order valence-corrected chi connectivity index (χ4v) is 3.07. The number of rotatable bonds is 7. The Balaban J connectivity index is 1.95. The molecule has 2 aromatic carbocycles. The summed E-state index contributed by atoms with van der Waals surface area (Å²) in [7, 11) is 3.09. The van der Waals surface area contributed by atoms with Crippen LogP contribution in [0.3, 0.4) is 0 Å². The molecule has 0 bridgehead atoms. The van der Waals surface area contributed by atoms with Crippen LogP contribution in [-0.2, 0) is 10.2 Å². The second kappa shape index (κ2) is 9.04. The average molecular weight is 421 g/mol. The number of hydrogen-bond acceptors (Lipinski definition) is 7. The SMILES string of the molecule is COc1ccc(-c2noc(/C(=C/c3ccc(C(C)(C)C)cc3)CC(=O)[O-])n2)cc1OC. The lowest BCUT2D eigenvalue weighted by Gasteiger charge is -2.18. The molecule has 0 fully saturated rings. The molecule has 0 saturated heterocycles. The van der Waals surface area contributed by atoms with E-state index in [1.807, 2.05) is 24.3 Å². The molecule has 31 heavy (non-hydrogen) atoms. The van der Waals surface area contributed by atoms with Crippen molar-refractivity contribution in [2.75, 3.05) is 14.2 Å². The number of carboxylic acid groups (broad SMARTS) is 1. The number of carbonyl (C=O) groups is 1. The summed E-state index contributed by atoms with van der Waals surface area (Å²) >= 11 is 0. The van der Waals surface area contributed by atoms with Crippen LogP contribution < -0.4 is 14.6 Å². The van der Waals surface area contributed by atoms with Gasteiger partial charge in [0.05, 0.1) is 14.2 Å². The van der Waals surface area contributed by atoms with Crippen molar-refractivity contribution in [2.45, 2.75) is 32.6 Å². The standard InChI is InChI=1S/C24H26N2O5/c1-24(2,3)18-9-6-15(7-10-18)12-17(14-21(27)28)23-25-22(26-31-23)16-8-11-19(29-4)20(13-16)30-5/h6-13H,14H2,1-5H3,(H,27,28)/p-1/b17-12+. The van der Waals surface area contributed by atoms with Gasteiger partial charge in [-0.15, -0.1) is 0 Å². The van der Waals surface area contributed by atoms with Crippen molar-refractivity contribution in [3.8, 4) is 22.9 Å². The first-order valence-corrected chi connectivity index (χ1v) is 9.78. The first kappa shape index (κ1) is 22.1. The minimum Gasteiger partial charge on any atom is -0.550 e. The molecule has 0 radical (unpaired) electrons. The van der Waals surface area contributed by atoms with Crippen LogP contribution in [0.5, 0.6) is 11.5 Å². The third-order valence-corrected chi connectivity index (χ3v) is 4.79. The number of benzene rings is 2. The molecule has 1 heterocycles. The van der Waals surface area contributed by atoms with Gasteiger partial charge in [-0.25, -0.2) is 0 Å². The molecule has 1 aromatic heterocycles. The van der Waals surface area contributed by atoms with Gasteiger partial charge in [-0.05, 0) is 40.8 Å². The van der Waals surface area contributed by atoms with E-state index in [0.717, 1.165) is 5.56 Å². The Kier molecular flexibility index (Phi) is 6.44. The second-order valence-corrected chi connectivity index (χ2v) is 8.08. The Labute approximate surface area is 181 Å². The first-order chi connectivity index (χ1) is 14.7. The molecule has 0 aliphatic heterocycles. The molecule has 0 atom stereocenters. The predicted octanol–water partition coefficient (Wildman–Crippen LogP) is 3.73. The molecule has 7 heteroatoms.